The molecule has 0 fully saturated rings. The summed E-state index contributed by atoms with van der Waals surface area (Å²) >= 11 is 1.65. The molecule has 3 aromatic rings. The molecule has 2 N–H and O–H groups in total. The van der Waals surface area contributed by atoms with E-state index in [2.05, 4.69) is 28.1 Å². The van der Waals surface area contributed by atoms with Crippen LogP contribution in [0.5, 0.6) is 0 Å². The van der Waals surface area contributed by atoms with Crippen molar-refractivity contribution in [2.45, 2.75) is 20.3 Å². The van der Waals surface area contributed by atoms with Gasteiger partial charge >= 0.3 is 0 Å². The highest BCUT2D eigenvalue weighted by Gasteiger charge is 2.12. The van der Waals surface area contributed by atoms with E-state index in [1.807, 2.05) is 13.1 Å². The molecule has 0 aliphatic heterocycles. The van der Waals surface area contributed by atoms with E-state index < -0.39 is 0 Å². The predicted octanol–water partition coefficient (Wildman–Crippen LogP) is 2.33. The normalized spacial score (nSPS) is 11.2. The number of hydrogen-bond acceptors (Lipinski definition) is 5. The first-order valence-electron chi connectivity index (χ1n) is 5.75. The molecule has 3 rings (SSSR count). The Balaban J connectivity index is 2.29. The van der Waals surface area contributed by atoms with Crippen molar-refractivity contribution in [3.05, 3.63) is 28.9 Å². The monoisotopic (exact) mass is 259 g/mol. The molecule has 0 unspecified atom stereocenters. The Kier molecular flexibility index (Phi) is 2.52. The van der Waals surface area contributed by atoms with Crippen molar-refractivity contribution >= 4 is 27.5 Å². The fourth-order valence-electron chi connectivity index (χ4n) is 1.85. The van der Waals surface area contributed by atoms with Crippen LogP contribution in [0.3, 0.4) is 0 Å². The fraction of sp³-hybridized carbons (Fsp3) is 0.250. The molecule has 0 aliphatic rings. The van der Waals surface area contributed by atoms with Crippen LogP contribution in [0.1, 0.15) is 17.4 Å². The second kappa shape index (κ2) is 4.06. The molecule has 3 aromatic heterocycles. The van der Waals surface area contributed by atoms with Crippen LogP contribution in [0.25, 0.3) is 16.0 Å². The predicted molar refractivity (Wildman–Crippen MR) is 73.1 cm³/mol. The zero-order chi connectivity index (χ0) is 12.7. The van der Waals surface area contributed by atoms with Gasteiger partial charge in [-0.2, -0.15) is 10.1 Å². The maximum Gasteiger partial charge on any atom is 0.223 e. The summed E-state index contributed by atoms with van der Waals surface area (Å²) < 4.78 is 1.75. The van der Waals surface area contributed by atoms with Gasteiger partial charge < -0.3 is 5.73 Å². The van der Waals surface area contributed by atoms with Gasteiger partial charge in [0, 0.05) is 11.1 Å². The molecule has 0 radical (unpaired) electrons. The van der Waals surface area contributed by atoms with E-state index in [4.69, 9.17) is 5.73 Å². The lowest BCUT2D eigenvalue weighted by Gasteiger charge is -2.02. The van der Waals surface area contributed by atoms with E-state index in [-0.39, 0.29) is 5.95 Å². The summed E-state index contributed by atoms with van der Waals surface area (Å²) in [6.45, 7) is 4.12. The number of nitrogen functional groups attached to an aromatic ring is 1. The highest BCUT2D eigenvalue weighted by Crippen LogP contribution is 2.28. The summed E-state index contributed by atoms with van der Waals surface area (Å²) in [4.78, 5) is 10.8. The maximum absolute atomic E-state index is 5.76. The Hall–Kier alpha value is -1.95. The van der Waals surface area contributed by atoms with Crippen LogP contribution in [0.15, 0.2) is 18.5 Å². The number of rotatable bonds is 2. The third kappa shape index (κ3) is 1.74. The molecule has 0 bridgehead atoms. The lowest BCUT2D eigenvalue weighted by molar-refractivity contribution is 0.854. The van der Waals surface area contributed by atoms with Crippen LogP contribution < -0.4 is 5.73 Å². The van der Waals surface area contributed by atoms with Gasteiger partial charge in [-0.3, -0.25) is 0 Å². The third-order valence-electron chi connectivity index (χ3n) is 2.72. The minimum atomic E-state index is 0.287. The first kappa shape index (κ1) is 11.2. The van der Waals surface area contributed by atoms with Gasteiger partial charge in [-0.15, -0.1) is 11.3 Å². The molecule has 3 heterocycles. The van der Waals surface area contributed by atoms with Crippen molar-refractivity contribution in [2.75, 3.05) is 5.73 Å². The van der Waals surface area contributed by atoms with E-state index in [0.717, 1.165) is 28.0 Å². The highest BCUT2D eigenvalue weighted by atomic mass is 32.1. The summed E-state index contributed by atoms with van der Waals surface area (Å²) in [7, 11) is 0. The molecule has 0 aromatic carbocycles. The number of aryl methyl sites for hydroxylation is 2. The molecule has 0 saturated heterocycles. The molecule has 18 heavy (non-hydrogen) atoms. The molecule has 0 aliphatic carbocycles. The van der Waals surface area contributed by atoms with Gasteiger partial charge in [0.05, 0.1) is 11.6 Å². The molecule has 0 amide bonds. The Morgan fingerprint density at radius 1 is 1.39 bits per heavy atom. The van der Waals surface area contributed by atoms with Gasteiger partial charge in [-0.05, 0) is 25.0 Å². The summed E-state index contributed by atoms with van der Waals surface area (Å²) in [6.07, 6.45) is 4.72. The second-order valence-electron chi connectivity index (χ2n) is 4.15. The Morgan fingerprint density at radius 3 is 2.89 bits per heavy atom. The van der Waals surface area contributed by atoms with Crippen molar-refractivity contribution in [3.8, 4) is 5.82 Å². The van der Waals surface area contributed by atoms with E-state index >= 15 is 0 Å². The molecule has 0 saturated carbocycles. The largest absolute Gasteiger partial charge is 0.368 e. The zero-order valence-electron chi connectivity index (χ0n) is 10.2. The molecule has 92 valence electrons. The number of hydrogen-bond donors (Lipinski definition) is 1. The molecule has 0 atom stereocenters. The van der Waals surface area contributed by atoms with Gasteiger partial charge in [-0.1, -0.05) is 6.92 Å². The van der Waals surface area contributed by atoms with E-state index in [9.17, 15) is 0 Å². The number of aromatic nitrogens is 4. The minimum Gasteiger partial charge on any atom is -0.368 e. The number of anilines is 1. The van der Waals surface area contributed by atoms with Crippen LogP contribution in [0.2, 0.25) is 0 Å². The van der Waals surface area contributed by atoms with Gasteiger partial charge in [0.1, 0.15) is 4.83 Å². The van der Waals surface area contributed by atoms with Crippen LogP contribution in [-0.4, -0.2) is 19.7 Å². The summed E-state index contributed by atoms with van der Waals surface area (Å²) in [5, 5.41) is 5.30. The standard InChI is InChI=1S/C12H13N5S/c1-3-8-4-9-10(17-6-7(2)5-14-17)15-12(13)16-11(9)18-8/h4-6H,3H2,1-2H3,(H2,13,15,16). The lowest BCUT2D eigenvalue weighted by atomic mass is 10.3. The zero-order valence-corrected chi connectivity index (χ0v) is 11.0. The average Bonchev–Trinajstić information content (AvgIpc) is 2.93. The molecular formula is C12H13N5S. The smallest absolute Gasteiger partial charge is 0.223 e. The van der Waals surface area contributed by atoms with Crippen LogP contribution in [0.4, 0.5) is 5.95 Å². The van der Waals surface area contributed by atoms with Crippen molar-refractivity contribution in [1.82, 2.24) is 19.7 Å². The van der Waals surface area contributed by atoms with E-state index in [0.29, 0.717) is 0 Å². The highest BCUT2D eigenvalue weighted by molar-refractivity contribution is 7.18. The van der Waals surface area contributed by atoms with Gasteiger partial charge in [0.2, 0.25) is 5.95 Å². The first-order valence-corrected chi connectivity index (χ1v) is 6.56. The Bertz CT molecular complexity index is 712. The van der Waals surface area contributed by atoms with Crippen LogP contribution in [0, 0.1) is 6.92 Å². The number of nitrogens with zero attached hydrogens (tertiary/aromatic N) is 4. The Morgan fingerprint density at radius 2 is 2.22 bits per heavy atom. The lowest BCUT2D eigenvalue weighted by Crippen LogP contribution is -2.03. The van der Waals surface area contributed by atoms with Gasteiger partial charge in [0.15, 0.2) is 5.82 Å². The SMILES string of the molecule is CCc1cc2c(-n3cc(C)cn3)nc(N)nc2s1. The second-order valence-corrected chi connectivity index (χ2v) is 5.27. The summed E-state index contributed by atoms with van der Waals surface area (Å²) in [6, 6.07) is 2.12. The van der Waals surface area contributed by atoms with Gasteiger partial charge in [-0.25, -0.2) is 9.67 Å². The number of thiophene rings is 1. The van der Waals surface area contributed by atoms with Crippen molar-refractivity contribution in [3.63, 3.8) is 0 Å². The van der Waals surface area contributed by atoms with Crippen LogP contribution in [-0.2, 0) is 6.42 Å². The van der Waals surface area contributed by atoms with Gasteiger partial charge in [0.25, 0.3) is 0 Å². The average molecular weight is 259 g/mol. The third-order valence-corrected chi connectivity index (χ3v) is 3.89. The van der Waals surface area contributed by atoms with E-state index in [1.165, 1.54) is 4.88 Å². The topological polar surface area (TPSA) is 69.6 Å². The number of nitrogens with two attached hydrogens (primary N) is 1. The van der Waals surface area contributed by atoms with Crippen molar-refractivity contribution in [2.24, 2.45) is 0 Å². The minimum absolute atomic E-state index is 0.287. The maximum atomic E-state index is 5.76. The van der Waals surface area contributed by atoms with E-state index in [1.54, 1.807) is 22.2 Å². The van der Waals surface area contributed by atoms with Crippen molar-refractivity contribution in [1.29, 1.82) is 0 Å². The summed E-state index contributed by atoms with van der Waals surface area (Å²) in [5.74, 6) is 1.04. The fourth-order valence-corrected chi connectivity index (χ4v) is 2.82. The number of fused-ring (bicyclic) bond motifs is 1. The van der Waals surface area contributed by atoms with Crippen LogP contribution >= 0.6 is 11.3 Å². The molecule has 5 nitrogen and oxygen atoms in total. The molecule has 6 heteroatoms. The molecule has 0 spiro atoms. The first-order chi connectivity index (χ1) is 8.67. The quantitative estimate of drug-likeness (QED) is 0.766. The van der Waals surface area contributed by atoms with Crippen molar-refractivity contribution < 1.29 is 0 Å². The molecular weight excluding hydrogens is 246 g/mol. The Labute approximate surface area is 108 Å². The summed E-state index contributed by atoms with van der Waals surface area (Å²) in [5.41, 5.74) is 6.85.